The summed E-state index contributed by atoms with van der Waals surface area (Å²) >= 11 is 0. The van der Waals surface area contributed by atoms with Crippen LogP contribution < -0.4 is 4.31 Å². The quantitative estimate of drug-likeness (QED) is 0.762. The third-order valence-electron chi connectivity index (χ3n) is 4.67. The zero-order valence-electron chi connectivity index (χ0n) is 15.5. The van der Waals surface area contributed by atoms with Crippen LogP contribution in [-0.2, 0) is 10.0 Å². The van der Waals surface area contributed by atoms with Crippen molar-refractivity contribution in [2.75, 3.05) is 30.5 Å². The van der Waals surface area contributed by atoms with Gasteiger partial charge in [-0.3, -0.25) is 4.31 Å². The second-order valence-corrected chi connectivity index (χ2v) is 8.71. The lowest BCUT2D eigenvalue weighted by atomic mass is 10.2. The highest BCUT2D eigenvalue weighted by molar-refractivity contribution is 7.92. The molecular formula is C20H27ClN2O3S. The molecule has 0 aliphatic carbocycles. The largest absolute Gasteiger partial charge is 0.390 e. The molecule has 0 aromatic heterocycles. The van der Waals surface area contributed by atoms with Gasteiger partial charge in [0.15, 0.2) is 0 Å². The fourth-order valence-corrected chi connectivity index (χ4v) is 4.87. The van der Waals surface area contributed by atoms with E-state index in [4.69, 9.17) is 0 Å². The Kier molecular flexibility index (Phi) is 7.68. The first-order valence-corrected chi connectivity index (χ1v) is 10.5. The smallest absolute Gasteiger partial charge is 0.264 e. The summed E-state index contributed by atoms with van der Waals surface area (Å²) in [4.78, 5) is 2.42. The Hall–Kier alpha value is -1.60. The minimum atomic E-state index is -3.74. The summed E-state index contributed by atoms with van der Waals surface area (Å²) in [7, 11) is -3.74. The van der Waals surface area contributed by atoms with E-state index in [0.29, 0.717) is 12.2 Å². The Labute approximate surface area is 168 Å². The average molecular weight is 411 g/mol. The number of β-amino-alcohol motifs (C(OH)–C–C–N with tert-alkyl or cyclic N) is 1. The number of hydrogen-bond acceptors (Lipinski definition) is 4. The molecule has 27 heavy (non-hydrogen) atoms. The number of nitrogens with zero attached hydrogens (tertiary/aromatic N) is 2. The number of aliphatic hydroxyl groups excluding tert-OH is 1. The van der Waals surface area contributed by atoms with Crippen LogP contribution in [0.25, 0.3) is 0 Å². The maximum atomic E-state index is 13.2. The molecule has 0 radical (unpaired) electrons. The van der Waals surface area contributed by atoms with Crippen molar-refractivity contribution in [1.82, 2.24) is 4.90 Å². The molecule has 1 atom stereocenters. The molecule has 3 rings (SSSR count). The van der Waals surface area contributed by atoms with Gasteiger partial charge in [-0.25, -0.2) is 8.42 Å². The van der Waals surface area contributed by atoms with Gasteiger partial charge >= 0.3 is 0 Å². The van der Waals surface area contributed by atoms with Crippen molar-refractivity contribution in [3.8, 4) is 0 Å². The topological polar surface area (TPSA) is 60.9 Å². The molecule has 0 amide bonds. The first-order chi connectivity index (χ1) is 12.5. The monoisotopic (exact) mass is 410 g/mol. The lowest BCUT2D eigenvalue weighted by Crippen LogP contribution is -2.42. The highest BCUT2D eigenvalue weighted by atomic mass is 35.5. The number of likely N-dealkylation sites (tertiary alicyclic amines) is 1. The Balaban J connectivity index is 0.00000261. The maximum Gasteiger partial charge on any atom is 0.264 e. The number of anilines is 1. The number of aliphatic hydroxyl groups is 1. The van der Waals surface area contributed by atoms with Crippen molar-refractivity contribution >= 4 is 28.1 Å². The van der Waals surface area contributed by atoms with Gasteiger partial charge in [0, 0.05) is 6.54 Å². The number of halogens is 1. The van der Waals surface area contributed by atoms with Crippen LogP contribution in [0.4, 0.5) is 5.69 Å². The van der Waals surface area contributed by atoms with E-state index in [1.807, 2.05) is 25.1 Å². The van der Waals surface area contributed by atoms with Crippen molar-refractivity contribution in [2.45, 2.75) is 30.8 Å². The number of sulfonamides is 1. The molecule has 148 valence electrons. The van der Waals surface area contributed by atoms with Crippen LogP contribution in [0.15, 0.2) is 59.5 Å². The van der Waals surface area contributed by atoms with Crippen LogP contribution in [0.3, 0.4) is 0 Å². The van der Waals surface area contributed by atoms with Gasteiger partial charge in [0.25, 0.3) is 10.0 Å². The second kappa shape index (κ2) is 9.55. The fourth-order valence-electron chi connectivity index (χ4n) is 3.36. The molecule has 5 nitrogen and oxygen atoms in total. The molecule has 7 heteroatoms. The zero-order valence-corrected chi connectivity index (χ0v) is 17.1. The second-order valence-electron chi connectivity index (χ2n) is 6.85. The molecule has 0 bridgehead atoms. The van der Waals surface area contributed by atoms with Crippen LogP contribution >= 0.6 is 12.4 Å². The molecule has 1 N–H and O–H groups in total. The molecule has 1 heterocycles. The minimum Gasteiger partial charge on any atom is -0.390 e. The van der Waals surface area contributed by atoms with Gasteiger partial charge in [-0.05, 0) is 62.7 Å². The number of benzene rings is 2. The van der Waals surface area contributed by atoms with E-state index in [2.05, 4.69) is 4.90 Å². The van der Waals surface area contributed by atoms with Gasteiger partial charge in [0.2, 0.25) is 0 Å². The Morgan fingerprint density at radius 2 is 1.74 bits per heavy atom. The first-order valence-electron chi connectivity index (χ1n) is 9.02. The van der Waals surface area contributed by atoms with Gasteiger partial charge < -0.3 is 10.0 Å². The van der Waals surface area contributed by atoms with Crippen molar-refractivity contribution in [2.24, 2.45) is 0 Å². The fraction of sp³-hybridized carbons (Fsp3) is 0.400. The summed E-state index contributed by atoms with van der Waals surface area (Å²) < 4.78 is 27.8. The van der Waals surface area contributed by atoms with Crippen LogP contribution in [0.2, 0.25) is 0 Å². The number of hydrogen-bond donors (Lipinski definition) is 1. The molecule has 1 aliphatic rings. The Bertz CT molecular complexity index is 824. The number of aryl methyl sites for hydroxylation is 1. The molecule has 0 spiro atoms. The summed E-state index contributed by atoms with van der Waals surface area (Å²) in [6.45, 7) is 4.39. The van der Waals surface area contributed by atoms with E-state index in [1.54, 1.807) is 36.4 Å². The lowest BCUT2D eigenvalue weighted by molar-refractivity contribution is 0.132. The third kappa shape index (κ3) is 5.45. The molecule has 2 aromatic rings. The van der Waals surface area contributed by atoms with E-state index in [0.717, 1.165) is 31.5 Å². The van der Waals surface area contributed by atoms with E-state index < -0.39 is 16.1 Å². The minimum absolute atomic E-state index is 0. The van der Waals surface area contributed by atoms with Crippen molar-refractivity contribution < 1.29 is 13.5 Å². The van der Waals surface area contributed by atoms with Crippen molar-refractivity contribution in [3.63, 3.8) is 0 Å². The van der Waals surface area contributed by atoms with E-state index >= 15 is 0 Å². The molecule has 1 aliphatic heterocycles. The number of rotatable bonds is 7. The maximum absolute atomic E-state index is 13.2. The molecule has 2 aromatic carbocycles. The summed E-state index contributed by atoms with van der Waals surface area (Å²) in [6.07, 6.45) is 1.53. The normalized spacial score (nSPS) is 15.9. The van der Waals surface area contributed by atoms with E-state index in [-0.39, 0.29) is 23.8 Å². The lowest BCUT2D eigenvalue weighted by Gasteiger charge is -2.29. The van der Waals surface area contributed by atoms with Crippen LogP contribution in [-0.4, -0.2) is 50.7 Å². The Morgan fingerprint density at radius 1 is 1.07 bits per heavy atom. The molecule has 1 saturated heterocycles. The standard InChI is InChI=1S/C20H26N2O3S.ClH/c1-17-8-7-9-18(14-17)22(16-19(23)15-21-12-5-6-13-21)26(24,25)20-10-3-2-4-11-20;/h2-4,7-11,14,19,23H,5-6,12-13,15-16H2,1H3;1H. The van der Waals surface area contributed by atoms with Crippen LogP contribution in [0.1, 0.15) is 18.4 Å². The predicted molar refractivity (Wildman–Crippen MR) is 111 cm³/mol. The first kappa shape index (κ1) is 21.7. The molecule has 1 unspecified atom stereocenters. The third-order valence-corrected chi connectivity index (χ3v) is 6.47. The summed E-state index contributed by atoms with van der Waals surface area (Å²) in [5, 5.41) is 10.6. The van der Waals surface area contributed by atoms with Gasteiger partial charge in [0.05, 0.1) is 23.2 Å². The van der Waals surface area contributed by atoms with E-state index in [1.165, 1.54) is 4.31 Å². The SMILES string of the molecule is Cc1cccc(N(CC(O)CN2CCCC2)S(=O)(=O)c2ccccc2)c1.Cl. The molecular weight excluding hydrogens is 384 g/mol. The van der Waals surface area contributed by atoms with Gasteiger partial charge in [-0.15, -0.1) is 12.4 Å². The molecule has 1 fully saturated rings. The summed E-state index contributed by atoms with van der Waals surface area (Å²) in [6, 6.07) is 15.8. The van der Waals surface area contributed by atoms with Gasteiger partial charge in [-0.1, -0.05) is 30.3 Å². The Morgan fingerprint density at radius 3 is 2.37 bits per heavy atom. The van der Waals surface area contributed by atoms with Crippen LogP contribution in [0, 0.1) is 6.92 Å². The highest BCUT2D eigenvalue weighted by Gasteiger charge is 2.28. The van der Waals surface area contributed by atoms with Gasteiger partial charge in [-0.2, -0.15) is 0 Å². The summed E-state index contributed by atoms with van der Waals surface area (Å²) in [5.41, 5.74) is 1.55. The average Bonchev–Trinajstić information content (AvgIpc) is 3.13. The highest BCUT2D eigenvalue weighted by Crippen LogP contribution is 2.25. The predicted octanol–water partition coefficient (Wildman–Crippen LogP) is 3.07. The zero-order chi connectivity index (χ0) is 18.6. The van der Waals surface area contributed by atoms with E-state index in [9.17, 15) is 13.5 Å². The summed E-state index contributed by atoms with van der Waals surface area (Å²) in [5.74, 6) is 0. The molecule has 0 saturated carbocycles. The van der Waals surface area contributed by atoms with Gasteiger partial charge in [0.1, 0.15) is 0 Å². The van der Waals surface area contributed by atoms with Crippen molar-refractivity contribution in [1.29, 1.82) is 0 Å². The van der Waals surface area contributed by atoms with Crippen LogP contribution in [0.5, 0.6) is 0 Å². The van der Waals surface area contributed by atoms with Crippen molar-refractivity contribution in [3.05, 3.63) is 60.2 Å².